The molecule has 0 aliphatic rings. The van der Waals surface area contributed by atoms with E-state index in [2.05, 4.69) is 23.2 Å². The van der Waals surface area contributed by atoms with E-state index in [0.29, 0.717) is 0 Å². The van der Waals surface area contributed by atoms with Gasteiger partial charge in [0.1, 0.15) is 0 Å². The van der Waals surface area contributed by atoms with E-state index in [4.69, 9.17) is 9.72 Å². The van der Waals surface area contributed by atoms with Gasteiger partial charge >= 0.3 is 0 Å². The molecule has 0 fully saturated rings. The molecule has 0 unspecified atom stereocenters. The number of hydrogen-bond donors (Lipinski definition) is 0. The van der Waals surface area contributed by atoms with Crippen molar-refractivity contribution in [1.82, 2.24) is 9.97 Å². The monoisotopic (exact) mass is 250 g/mol. The van der Waals surface area contributed by atoms with Gasteiger partial charge in [0.15, 0.2) is 0 Å². The van der Waals surface area contributed by atoms with E-state index in [1.165, 1.54) is 0 Å². The van der Waals surface area contributed by atoms with Crippen molar-refractivity contribution in [3.63, 3.8) is 0 Å². The maximum Gasteiger partial charge on any atom is 0.0799 e. The lowest BCUT2D eigenvalue weighted by Crippen LogP contribution is -1.90. The van der Waals surface area contributed by atoms with E-state index >= 15 is 0 Å². The van der Waals surface area contributed by atoms with Gasteiger partial charge in [-0.1, -0.05) is 12.1 Å². The molecule has 0 bridgehead atoms. The van der Waals surface area contributed by atoms with Crippen LogP contribution in [0.4, 0.5) is 0 Å². The van der Waals surface area contributed by atoms with Gasteiger partial charge in [0.2, 0.25) is 0 Å². The number of hydrogen-bond acceptors (Lipinski definition) is 3. The minimum absolute atomic E-state index is 0.764. The van der Waals surface area contributed by atoms with Crippen LogP contribution in [-0.2, 0) is 11.2 Å². The van der Waals surface area contributed by atoms with Crippen LogP contribution in [0.3, 0.4) is 0 Å². The molecule has 0 atom stereocenters. The van der Waals surface area contributed by atoms with E-state index in [-0.39, 0.29) is 0 Å². The van der Waals surface area contributed by atoms with E-state index in [1.54, 1.807) is 19.6 Å². The zero-order valence-electron chi connectivity index (χ0n) is 10.7. The van der Waals surface area contributed by atoms with Crippen molar-refractivity contribution in [2.75, 3.05) is 7.11 Å². The smallest absolute Gasteiger partial charge is 0.0799 e. The molecule has 0 aliphatic carbocycles. The average Bonchev–Trinajstić information content (AvgIpc) is 2.47. The third-order valence-corrected chi connectivity index (χ3v) is 3.06. The summed E-state index contributed by atoms with van der Waals surface area (Å²) < 4.78 is 4.90. The molecule has 0 saturated heterocycles. The van der Waals surface area contributed by atoms with Crippen molar-refractivity contribution in [2.24, 2.45) is 0 Å². The Morgan fingerprint density at radius 2 is 2.05 bits per heavy atom. The van der Waals surface area contributed by atoms with Crippen LogP contribution in [0.1, 0.15) is 5.69 Å². The molecule has 0 N–H and O–H groups in total. The Kier molecular flexibility index (Phi) is 3.11. The van der Waals surface area contributed by atoms with Crippen LogP contribution in [0, 0.1) is 0 Å². The summed E-state index contributed by atoms with van der Waals surface area (Å²) in [6.07, 6.45) is 6.20. The third kappa shape index (κ3) is 2.27. The summed E-state index contributed by atoms with van der Waals surface area (Å²) in [6, 6.07) is 12.2. The number of rotatable bonds is 3. The summed E-state index contributed by atoms with van der Waals surface area (Å²) in [6.45, 7) is 0. The number of nitrogens with zero attached hydrogens (tertiary/aromatic N) is 2. The molecule has 3 heteroatoms. The number of allylic oxidation sites excluding steroid dienone is 1. The van der Waals surface area contributed by atoms with E-state index in [0.717, 1.165) is 33.9 Å². The van der Waals surface area contributed by atoms with E-state index in [9.17, 15) is 0 Å². The van der Waals surface area contributed by atoms with Crippen LogP contribution < -0.4 is 0 Å². The number of pyridine rings is 2. The van der Waals surface area contributed by atoms with Crippen LogP contribution in [0.2, 0.25) is 0 Å². The Balaban J connectivity index is 2.14. The van der Waals surface area contributed by atoms with Gasteiger partial charge in [0, 0.05) is 29.1 Å². The second-order valence-corrected chi connectivity index (χ2v) is 4.32. The quantitative estimate of drug-likeness (QED) is 0.527. The standard InChI is InChI=1S/C16H14N2O/c1-19-11-3-4-13-8-6-12-7-9-15-14(16(12)18-13)5-2-10-17-15/h2-3,5-11H,4H2,1H3. The van der Waals surface area contributed by atoms with Gasteiger partial charge in [0.25, 0.3) is 0 Å². The maximum absolute atomic E-state index is 4.90. The summed E-state index contributed by atoms with van der Waals surface area (Å²) in [7, 11) is 1.64. The second kappa shape index (κ2) is 5.06. The third-order valence-electron chi connectivity index (χ3n) is 3.06. The minimum atomic E-state index is 0.764. The van der Waals surface area contributed by atoms with Crippen molar-refractivity contribution in [3.05, 3.63) is 60.6 Å². The first-order valence-corrected chi connectivity index (χ1v) is 6.19. The van der Waals surface area contributed by atoms with Gasteiger partial charge in [-0.05, 0) is 30.3 Å². The molecule has 19 heavy (non-hydrogen) atoms. The summed E-state index contributed by atoms with van der Waals surface area (Å²) in [5, 5.41) is 2.23. The normalized spacial score (nSPS) is 11.4. The second-order valence-electron chi connectivity index (χ2n) is 4.32. The lowest BCUT2D eigenvalue weighted by atomic mass is 10.1. The lowest BCUT2D eigenvalue weighted by molar-refractivity contribution is 0.337. The Hall–Kier alpha value is -2.42. The molecule has 0 saturated carbocycles. The van der Waals surface area contributed by atoms with E-state index in [1.807, 2.05) is 24.3 Å². The van der Waals surface area contributed by atoms with Crippen LogP contribution in [-0.4, -0.2) is 17.1 Å². The fraction of sp³-hybridized carbons (Fsp3) is 0.125. The Morgan fingerprint density at radius 3 is 2.95 bits per heavy atom. The summed E-state index contributed by atoms with van der Waals surface area (Å²) in [5.41, 5.74) is 3.01. The number of methoxy groups -OCH3 is 1. The molecule has 2 aromatic heterocycles. The molecule has 1 aromatic carbocycles. The van der Waals surface area contributed by atoms with E-state index < -0.39 is 0 Å². The molecule has 3 aromatic rings. The lowest BCUT2D eigenvalue weighted by Gasteiger charge is -2.04. The van der Waals surface area contributed by atoms with Crippen molar-refractivity contribution in [3.8, 4) is 0 Å². The molecule has 0 radical (unpaired) electrons. The highest BCUT2D eigenvalue weighted by molar-refractivity contribution is 6.03. The van der Waals surface area contributed by atoms with Crippen LogP contribution in [0.25, 0.3) is 21.8 Å². The van der Waals surface area contributed by atoms with Gasteiger partial charge < -0.3 is 4.74 Å². The highest BCUT2D eigenvalue weighted by Crippen LogP contribution is 2.22. The minimum Gasteiger partial charge on any atom is -0.505 e. The predicted octanol–water partition coefficient (Wildman–Crippen LogP) is 3.49. The summed E-state index contributed by atoms with van der Waals surface area (Å²) in [5.74, 6) is 0. The molecule has 3 nitrogen and oxygen atoms in total. The Morgan fingerprint density at radius 1 is 1.16 bits per heavy atom. The highest BCUT2D eigenvalue weighted by atomic mass is 16.5. The molecule has 0 aliphatic heterocycles. The van der Waals surface area contributed by atoms with Crippen LogP contribution in [0.15, 0.2) is 54.9 Å². The van der Waals surface area contributed by atoms with Gasteiger partial charge in [-0.15, -0.1) is 0 Å². The number of benzene rings is 1. The van der Waals surface area contributed by atoms with Crippen molar-refractivity contribution in [1.29, 1.82) is 0 Å². The highest BCUT2D eigenvalue weighted by Gasteiger charge is 2.03. The first kappa shape index (κ1) is 11.7. The number of aromatic nitrogens is 2. The average molecular weight is 250 g/mol. The largest absolute Gasteiger partial charge is 0.505 e. The Labute approximate surface area is 111 Å². The SMILES string of the molecule is COC=CCc1ccc2ccc3ncccc3c2n1. The number of ether oxygens (including phenoxy) is 1. The van der Waals surface area contributed by atoms with Crippen molar-refractivity contribution in [2.45, 2.75) is 6.42 Å². The zero-order valence-corrected chi connectivity index (χ0v) is 10.7. The maximum atomic E-state index is 4.90. The van der Waals surface area contributed by atoms with Crippen LogP contribution >= 0.6 is 0 Å². The molecule has 0 amide bonds. The number of fused-ring (bicyclic) bond motifs is 3. The molecule has 2 heterocycles. The molecule has 0 spiro atoms. The fourth-order valence-corrected chi connectivity index (χ4v) is 2.16. The van der Waals surface area contributed by atoms with Crippen molar-refractivity contribution < 1.29 is 4.74 Å². The fourth-order valence-electron chi connectivity index (χ4n) is 2.16. The predicted molar refractivity (Wildman–Crippen MR) is 76.9 cm³/mol. The van der Waals surface area contributed by atoms with Crippen molar-refractivity contribution >= 4 is 21.8 Å². The molecule has 94 valence electrons. The molecule has 3 rings (SSSR count). The molecular weight excluding hydrogens is 236 g/mol. The molecular formula is C16H14N2O. The summed E-state index contributed by atoms with van der Waals surface area (Å²) in [4.78, 5) is 9.09. The van der Waals surface area contributed by atoms with Gasteiger partial charge in [-0.2, -0.15) is 0 Å². The summed E-state index contributed by atoms with van der Waals surface area (Å²) >= 11 is 0. The topological polar surface area (TPSA) is 35.0 Å². The first-order valence-electron chi connectivity index (χ1n) is 6.19. The zero-order chi connectivity index (χ0) is 13.1. The van der Waals surface area contributed by atoms with Gasteiger partial charge in [0.05, 0.1) is 24.4 Å². The van der Waals surface area contributed by atoms with Crippen LogP contribution in [0.5, 0.6) is 0 Å². The van der Waals surface area contributed by atoms with Gasteiger partial charge in [-0.3, -0.25) is 9.97 Å². The Bertz CT molecular complexity index is 750. The first-order chi connectivity index (χ1) is 9.38. The van der Waals surface area contributed by atoms with Gasteiger partial charge in [-0.25, -0.2) is 0 Å².